The molecule has 0 aromatic heterocycles. The Balaban J connectivity index is 2.02. The van der Waals surface area contributed by atoms with Crippen LogP contribution in [-0.4, -0.2) is 35.5 Å². The zero-order chi connectivity index (χ0) is 25.5. The van der Waals surface area contributed by atoms with Crippen LogP contribution in [0.2, 0.25) is 0 Å². The van der Waals surface area contributed by atoms with E-state index in [-0.39, 0.29) is 0 Å². The molecule has 4 aromatic carbocycles. The van der Waals surface area contributed by atoms with Crippen LogP contribution >= 0.6 is 8.15 Å². The zero-order valence-corrected chi connectivity index (χ0v) is 21.9. The fourth-order valence-electron chi connectivity index (χ4n) is 3.97. The Morgan fingerprint density at radius 1 is 0.500 bits per heavy atom. The van der Waals surface area contributed by atoms with Gasteiger partial charge in [0.2, 0.25) is 0 Å². The molecule has 0 aliphatic heterocycles. The molecule has 4 aromatic rings. The summed E-state index contributed by atoms with van der Waals surface area (Å²) in [5.74, 6) is 3.97. The third-order valence-corrected chi connectivity index (χ3v) is 7.72. The van der Waals surface area contributed by atoms with Crippen molar-refractivity contribution in [3.63, 3.8) is 0 Å². The Kier molecular flexibility index (Phi) is 8.19. The molecule has 0 aliphatic carbocycles. The Morgan fingerprint density at radius 3 is 1.61 bits per heavy atom. The summed E-state index contributed by atoms with van der Waals surface area (Å²) in [5, 5.41) is 1.74. The maximum absolute atomic E-state index is 6.74. The fourth-order valence-corrected chi connectivity index (χ4v) is 6.07. The van der Waals surface area contributed by atoms with Gasteiger partial charge in [0, 0.05) is 23.0 Å². The molecule has 6 nitrogen and oxygen atoms in total. The molecule has 0 amide bonds. The molecule has 7 heteroatoms. The third-order valence-electron chi connectivity index (χ3n) is 5.65. The van der Waals surface area contributed by atoms with Crippen LogP contribution in [0.15, 0.2) is 84.9 Å². The highest BCUT2D eigenvalue weighted by molar-refractivity contribution is 7.69. The molecule has 0 aliphatic rings. The van der Waals surface area contributed by atoms with E-state index in [0.29, 0.717) is 28.7 Å². The van der Waals surface area contributed by atoms with Gasteiger partial charge >= 0.3 is 0 Å². The van der Waals surface area contributed by atoms with E-state index in [0.717, 1.165) is 27.5 Å². The lowest BCUT2D eigenvalue weighted by atomic mass is 10.0. The van der Waals surface area contributed by atoms with Gasteiger partial charge in [0.05, 0.1) is 41.1 Å². The molecule has 0 spiro atoms. The Labute approximate surface area is 213 Å². The quantitative estimate of drug-likeness (QED) is 0.254. The Hall–Kier alpha value is -3.89. The summed E-state index contributed by atoms with van der Waals surface area (Å²) < 4.78 is 35.4. The van der Waals surface area contributed by atoms with E-state index < -0.39 is 8.15 Å². The minimum Gasteiger partial charge on any atom is -0.496 e. The van der Waals surface area contributed by atoms with Crippen LogP contribution in [0.3, 0.4) is 0 Å². The van der Waals surface area contributed by atoms with Crippen LogP contribution in [-0.2, 0) is 0 Å². The summed E-state index contributed by atoms with van der Waals surface area (Å²) in [6.45, 7) is 0. The second-order valence-electron chi connectivity index (χ2n) is 7.63. The highest BCUT2D eigenvalue weighted by Crippen LogP contribution is 2.48. The zero-order valence-electron chi connectivity index (χ0n) is 21.0. The maximum Gasteiger partial charge on any atom is 0.158 e. The molecule has 4 rings (SSSR count). The smallest absolute Gasteiger partial charge is 0.158 e. The Morgan fingerprint density at radius 2 is 1.06 bits per heavy atom. The first-order valence-corrected chi connectivity index (χ1v) is 12.5. The van der Waals surface area contributed by atoms with Gasteiger partial charge in [-0.3, -0.25) is 0 Å². The van der Waals surface area contributed by atoms with E-state index in [1.165, 1.54) is 0 Å². The van der Waals surface area contributed by atoms with Gasteiger partial charge in [-0.2, -0.15) is 0 Å². The topological polar surface area (TPSA) is 55.4 Å². The van der Waals surface area contributed by atoms with Crippen molar-refractivity contribution in [1.82, 2.24) is 0 Å². The average molecular weight is 505 g/mol. The van der Waals surface area contributed by atoms with E-state index in [1.807, 2.05) is 78.9 Å². The Bertz CT molecular complexity index is 1260. The van der Waals surface area contributed by atoms with Gasteiger partial charge in [0.25, 0.3) is 0 Å². The largest absolute Gasteiger partial charge is 0.496 e. The number of hydrogen-bond acceptors (Lipinski definition) is 6. The van der Waals surface area contributed by atoms with Crippen molar-refractivity contribution in [2.75, 3.05) is 35.5 Å². The second kappa shape index (κ2) is 11.7. The summed E-state index contributed by atoms with van der Waals surface area (Å²) in [6.07, 6.45) is 0. The van der Waals surface area contributed by atoms with Crippen LogP contribution in [0.5, 0.6) is 34.5 Å². The second-order valence-corrected chi connectivity index (χ2v) is 9.33. The van der Waals surface area contributed by atoms with Crippen LogP contribution in [0, 0.1) is 0 Å². The number of benzene rings is 4. The fraction of sp³-hybridized carbons (Fsp3) is 0.172. The normalized spacial score (nSPS) is 11.4. The molecule has 0 saturated carbocycles. The van der Waals surface area contributed by atoms with Crippen LogP contribution < -0.4 is 38.8 Å². The van der Waals surface area contributed by atoms with Crippen molar-refractivity contribution in [1.29, 1.82) is 0 Å². The SMILES string of the molecule is COc1cc(OC)c(P(Oc2ccccc2)c2ccccc2-c2c(OC)cccc2OC)c(OC)c1. The van der Waals surface area contributed by atoms with Crippen molar-refractivity contribution in [3.8, 4) is 45.6 Å². The van der Waals surface area contributed by atoms with Crippen molar-refractivity contribution in [2.45, 2.75) is 0 Å². The number of rotatable bonds is 10. The van der Waals surface area contributed by atoms with E-state index in [4.69, 9.17) is 28.2 Å². The third kappa shape index (κ3) is 5.05. The molecule has 0 radical (unpaired) electrons. The van der Waals surface area contributed by atoms with Crippen molar-refractivity contribution < 1.29 is 28.2 Å². The van der Waals surface area contributed by atoms with Gasteiger partial charge in [0.1, 0.15) is 39.8 Å². The lowest BCUT2D eigenvalue weighted by Gasteiger charge is -2.26. The molecule has 0 fully saturated rings. The molecule has 36 heavy (non-hydrogen) atoms. The highest BCUT2D eigenvalue weighted by Gasteiger charge is 2.30. The first-order valence-electron chi connectivity index (χ1n) is 11.3. The number of para-hydroxylation sites is 1. The standard InChI is InChI=1S/C29H29O6P/c1-30-21-18-25(33-4)29(26(19-21)34-5)36(35-20-12-7-6-8-13-20)27-17-10-9-14-22(27)28-23(31-2)15-11-16-24(28)32-3/h6-19H,1-5H3. The highest BCUT2D eigenvalue weighted by atomic mass is 31.1. The van der Waals surface area contributed by atoms with Crippen LogP contribution in [0.25, 0.3) is 11.1 Å². The predicted molar refractivity (Wildman–Crippen MR) is 144 cm³/mol. The summed E-state index contributed by atoms with van der Waals surface area (Å²) in [4.78, 5) is 0. The maximum atomic E-state index is 6.74. The van der Waals surface area contributed by atoms with E-state index >= 15 is 0 Å². The van der Waals surface area contributed by atoms with Crippen molar-refractivity contribution >= 4 is 18.8 Å². The molecule has 0 bridgehead atoms. The first-order chi connectivity index (χ1) is 17.6. The van der Waals surface area contributed by atoms with Gasteiger partial charge in [-0.05, 0) is 24.3 Å². The van der Waals surface area contributed by atoms with Gasteiger partial charge < -0.3 is 28.2 Å². The monoisotopic (exact) mass is 504 g/mol. The number of ether oxygens (including phenoxy) is 5. The molecule has 1 atom stereocenters. The lowest BCUT2D eigenvalue weighted by Crippen LogP contribution is -2.21. The van der Waals surface area contributed by atoms with Gasteiger partial charge in [-0.25, -0.2) is 0 Å². The van der Waals surface area contributed by atoms with Crippen molar-refractivity contribution in [2.24, 2.45) is 0 Å². The minimum atomic E-state index is -1.49. The lowest BCUT2D eigenvalue weighted by molar-refractivity contribution is 0.379. The molecule has 0 heterocycles. The predicted octanol–water partition coefficient (Wildman–Crippen LogP) is 5.82. The van der Waals surface area contributed by atoms with Gasteiger partial charge in [-0.1, -0.05) is 48.5 Å². The van der Waals surface area contributed by atoms with E-state index in [2.05, 4.69) is 6.07 Å². The van der Waals surface area contributed by atoms with E-state index in [9.17, 15) is 0 Å². The first kappa shape index (κ1) is 25.2. The van der Waals surface area contributed by atoms with Gasteiger partial charge in [0.15, 0.2) is 8.15 Å². The number of methoxy groups -OCH3 is 5. The molecule has 1 unspecified atom stereocenters. The molecular formula is C29H29O6P. The van der Waals surface area contributed by atoms with Crippen LogP contribution in [0.4, 0.5) is 0 Å². The average Bonchev–Trinajstić information content (AvgIpc) is 2.95. The molecule has 0 saturated heterocycles. The summed E-state index contributed by atoms with van der Waals surface area (Å²) in [7, 11) is 6.68. The molecule has 0 N–H and O–H groups in total. The van der Waals surface area contributed by atoms with Crippen LogP contribution in [0.1, 0.15) is 0 Å². The number of hydrogen-bond donors (Lipinski definition) is 0. The summed E-state index contributed by atoms with van der Waals surface area (Å²) >= 11 is 0. The summed E-state index contributed by atoms with van der Waals surface area (Å²) in [5.41, 5.74) is 1.77. The van der Waals surface area contributed by atoms with Crippen molar-refractivity contribution in [3.05, 3.63) is 84.9 Å². The van der Waals surface area contributed by atoms with E-state index in [1.54, 1.807) is 35.5 Å². The molecular weight excluding hydrogens is 475 g/mol. The molecule has 186 valence electrons. The minimum absolute atomic E-state index is 0.607. The summed E-state index contributed by atoms with van der Waals surface area (Å²) in [6, 6.07) is 27.2. The van der Waals surface area contributed by atoms with Gasteiger partial charge in [-0.15, -0.1) is 0 Å².